The van der Waals surface area contributed by atoms with E-state index in [0.717, 1.165) is 32.1 Å². The molecule has 0 aromatic rings. The molecule has 0 aliphatic carbocycles. The average Bonchev–Trinajstić information content (AvgIpc) is 3.01. The van der Waals surface area contributed by atoms with Crippen molar-refractivity contribution in [1.82, 2.24) is 0 Å². The van der Waals surface area contributed by atoms with Crippen molar-refractivity contribution in [2.75, 3.05) is 47.3 Å². The minimum absolute atomic E-state index is 0.264. The highest BCUT2D eigenvalue weighted by Crippen LogP contribution is 2.31. The first kappa shape index (κ1) is 40.0. The number of aliphatic hydroxyl groups is 1. The van der Waals surface area contributed by atoms with Crippen LogP contribution < -0.4 is 0 Å². The van der Waals surface area contributed by atoms with Crippen LogP contribution in [0.4, 0.5) is 0 Å². The van der Waals surface area contributed by atoms with Crippen LogP contribution in [0.15, 0.2) is 5.11 Å². The maximum atomic E-state index is 13.1. The monoisotopic (exact) mass is 635 g/mol. The second kappa shape index (κ2) is 23.3. The van der Waals surface area contributed by atoms with Crippen molar-refractivity contribution < 1.29 is 57.3 Å². The molecule has 0 spiro atoms. The van der Waals surface area contributed by atoms with E-state index >= 15 is 0 Å². The normalized spacial score (nSPS) is 24.5. The zero-order valence-electron chi connectivity index (χ0n) is 27.3. The first-order valence-electron chi connectivity index (χ1n) is 15.4. The van der Waals surface area contributed by atoms with Gasteiger partial charge in [-0.1, -0.05) is 45.1 Å². The van der Waals surface area contributed by atoms with Gasteiger partial charge in [0, 0.05) is 38.8 Å². The molecule has 9 atom stereocenters. The van der Waals surface area contributed by atoms with E-state index in [0.29, 0.717) is 19.6 Å². The predicted molar refractivity (Wildman–Crippen MR) is 157 cm³/mol. The molecule has 44 heavy (non-hydrogen) atoms. The Kier molecular flexibility index (Phi) is 21.2. The zero-order valence-corrected chi connectivity index (χ0v) is 27.3. The Hall–Kier alpha value is -2.07. The van der Waals surface area contributed by atoms with Gasteiger partial charge in [0.05, 0.1) is 25.9 Å². The second-order valence-corrected chi connectivity index (χ2v) is 10.4. The second-order valence-electron chi connectivity index (χ2n) is 10.4. The van der Waals surface area contributed by atoms with Gasteiger partial charge in [0.2, 0.25) is 0 Å². The van der Waals surface area contributed by atoms with E-state index in [4.69, 9.17) is 42.6 Å². The van der Waals surface area contributed by atoms with Crippen molar-refractivity contribution in [3.8, 4) is 0 Å². The number of aliphatic hydroxyl groups excluding tert-OH is 1. The van der Waals surface area contributed by atoms with Gasteiger partial charge in [-0.15, -0.1) is 0 Å². The molecule has 0 aromatic carbocycles. The average molecular weight is 636 g/mol. The van der Waals surface area contributed by atoms with Crippen LogP contribution in [0.2, 0.25) is 0 Å². The molecule has 0 bridgehead atoms. The van der Waals surface area contributed by atoms with Crippen LogP contribution in [0.1, 0.15) is 73.1 Å². The van der Waals surface area contributed by atoms with Crippen LogP contribution >= 0.6 is 0 Å². The highest BCUT2D eigenvalue weighted by atomic mass is 16.7. The molecule has 1 N–H and O–H groups in total. The maximum Gasteiger partial charge on any atom is 0.337 e. The van der Waals surface area contributed by atoms with Gasteiger partial charge in [-0.2, -0.15) is 0 Å². The van der Waals surface area contributed by atoms with Gasteiger partial charge >= 0.3 is 11.9 Å². The van der Waals surface area contributed by atoms with E-state index in [9.17, 15) is 20.2 Å². The van der Waals surface area contributed by atoms with Crippen molar-refractivity contribution in [2.45, 2.75) is 128 Å². The fourth-order valence-electron chi connectivity index (χ4n) is 4.50. The summed E-state index contributed by atoms with van der Waals surface area (Å²) < 4.78 is 52.1. The first-order valence-corrected chi connectivity index (χ1v) is 15.4. The molecule has 0 amide bonds. The Morgan fingerprint density at radius 3 is 2.18 bits per heavy atom. The Balaban J connectivity index is 3.44. The number of ether oxygens (including phenoxy) is 9. The van der Waals surface area contributed by atoms with Crippen LogP contribution in [0.5, 0.6) is 0 Å². The summed E-state index contributed by atoms with van der Waals surface area (Å²) in [6.45, 7) is 9.17. The third-order valence-corrected chi connectivity index (χ3v) is 6.93. The molecule has 15 nitrogen and oxygen atoms in total. The van der Waals surface area contributed by atoms with Crippen molar-refractivity contribution in [1.29, 1.82) is 0 Å². The summed E-state index contributed by atoms with van der Waals surface area (Å²) in [6.07, 6.45) is -3.48. The number of carbonyl (C=O) groups is 2. The number of methoxy groups -OCH3 is 2. The van der Waals surface area contributed by atoms with Crippen LogP contribution in [-0.4, -0.2) is 120 Å². The van der Waals surface area contributed by atoms with E-state index in [2.05, 4.69) is 10.0 Å². The summed E-state index contributed by atoms with van der Waals surface area (Å²) in [5.74, 6) is -1.32. The highest BCUT2D eigenvalue weighted by Gasteiger charge is 2.49. The number of rotatable bonds is 24. The molecular weight excluding hydrogens is 582 g/mol. The summed E-state index contributed by atoms with van der Waals surface area (Å²) in [7, 11) is 2.59. The quantitative estimate of drug-likeness (QED) is 0.0407. The van der Waals surface area contributed by atoms with E-state index in [1.165, 1.54) is 21.1 Å². The highest BCUT2D eigenvalue weighted by molar-refractivity contribution is 5.75. The lowest BCUT2D eigenvalue weighted by Crippen LogP contribution is -2.61. The molecule has 1 aliphatic rings. The summed E-state index contributed by atoms with van der Waals surface area (Å²) in [6, 6.07) is -1.01. The Morgan fingerprint density at radius 1 is 1.00 bits per heavy atom. The van der Waals surface area contributed by atoms with E-state index in [1.807, 2.05) is 20.8 Å². The van der Waals surface area contributed by atoms with E-state index in [1.54, 1.807) is 6.92 Å². The smallest absolute Gasteiger partial charge is 0.337 e. The molecule has 1 heterocycles. The fourth-order valence-corrected chi connectivity index (χ4v) is 4.50. The largest absolute Gasteiger partial charge is 0.467 e. The van der Waals surface area contributed by atoms with Crippen molar-refractivity contribution in [3.05, 3.63) is 10.4 Å². The summed E-state index contributed by atoms with van der Waals surface area (Å²) in [5, 5.41) is 14.2. The van der Waals surface area contributed by atoms with Crippen LogP contribution in [-0.2, 0) is 52.2 Å². The number of hydrogen-bond donors (Lipinski definition) is 1. The number of nitrogens with zero attached hydrogens (tertiary/aromatic N) is 3. The number of hydrogen-bond acceptors (Lipinski definition) is 13. The van der Waals surface area contributed by atoms with Gasteiger partial charge in [-0.3, -0.25) is 4.79 Å². The molecule has 1 aliphatic heterocycles. The van der Waals surface area contributed by atoms with Gasteiger partial charge in [0.25, 0.3) is 0 Å². The van der Waals surface area contributed by atoms with Gasteiger partial charge in [0.1, 0.15) is 31.0 Å². The Labute approximate surface area is 260 Å². The lowest BCUT2D eigenvalue weighted by atomic mass is 9.96. The molecule has 0 aromatic heterocycles. The first-order chi connectivity index (χ1) is 21.2. The van der Waals surface area contributed by atoms with Gasteiger partial charge in [-0.25, -0.2) is 4.79 Å². The zero-order chi connectivity index (χ0) is 32.9. The summed E-state index contributed by atoms with van der Waals surface area (Å²) >= 11 is 0. The summed E-state index contributed by atoms with van der Waals surface area (Å²) in [4.78, 5) is 27.7. The fraction of sp³-hybridized carbons (Fsp3) is 0.931. The van der Waals surface area contributed by atoms with Gasteiger partial charge in [-0.05, 0) is 31.7 Å². The van der Waals surface area contributed by atoms with Crippen molar-refractivity contribution in [2.24, 2.45) is 5.11 Å². The van der Waals surface area contributed by atoms with Gasteiger partial charge < -0.3 is 47.7 Å². The van der Waals surface area contributed by atoms with Crippen LogP contribution in [0.3, 0.4) is 0 Å². The van der Waals surface area contributed by atoms with E-state index < -0.39 is 73.8 Å². The van der Waals surface area contributed by atoms with Crippen LogP contribution in [0, 0.1) is 0 Å². The van der Waals surface area contributed by atoms with Crippen LogP contribution in [0.25, 0.3) is 10.4 Å². The maximum absolute atomic E-state index is 13.1. The molecule has 1 fully saturated rings. The minimum Gasteiger partial charge on any atom is -0.467 e. The molecule has 0 radical (unpaired) electrons. The standard InChI is InChI=1S/C29H53N3O12/c1-8-11-14-38-19(4)24(39-15-12-9-2)27(28(35)36-6)44-22(17-33)43-25-21(18-41-20(5)34)42-29(37-7)23(31-32-30)26(25)40-16-13-10-3/h19,21-27,29,33H,8-18H2,1-7H3/t19-,21?,22?,23-,24-,25-,26?,27?,29-/m0/s1. The number of carbonyl (C=O) groups excluding carboxylic acids is 2. The van der Waals surface area contributed by atoms with E-state index in [-0.39, 0.29) is 13.2 Å². The Bertz CT molecular complexity index is 846. The lowest BCUT2D eigenvalue weighted by Gasteiger charge is -2.45. The number of esters is 2. The topological polar surface area (TPSA) is 186 Å². The summed E-state index contributed by atoms with van der Waals surface area (Å²) in [5.41, 5.74) is 9.30. The van der Waals surface area contributed by atoms with Crippen molar-refractivity contribution >= 4 is 11.9 Å². The van der Waals surface area contributed by atoms with Gasteiger partial charge in [0.15, 0.2) is 18.7 Å². The number of unbranched alkanes of at least 4 members (excludes halogenated alkanes) is 3. The Morgan fingerprint density at radius 2 is 1.64 bits per heavy atom. The predicted octanol–water partition coefficient (Wildman–Crippen LogP) is 3.44. The molecule has 15 heteroatoms. The molecule has 256 valence electrons. The lowest BCUT2D eigenvalue weighted by molar-refractivity contribution is -0.314. The van der Waals surface area contributed by atoms with Crippen molar-refractivity contribution in [3.63, 3.8) is 0 Å². The molecule has 0 saturated carbocycles. The molecule has 1 rings (SSSR count). The minimum atomic E-state index is -1.43. The number of azide groups is 1. The molecule has 4 unspecified atom stereocenters. The SMILES string of the molecule is CCCCOC1[C@@H](OC(CO)OC(C(=O)OC)[C@@H](OCCCC)[C@H](C)OCCCC)C(COC(C)=O)O[C@H](OC)[C@H]1N=[N+]=[N-]. The third kappa shape index (κ3) is 13.5. The molecule has 1 saturated heterocycles. The molecular formula is C29H53N3O12. The third-order valence-electron chi connectivity index (χ3n) is 6.93.